The maximum Gasteiger partial charge on any atom is 0.211 e. The Labute approximate surface area is 213 Å². The lowest BCUT2D eigenvalue weighted by Gasteiger charge is -2.42. The Hall–Kier alpha value is -2.88. The Bertz CT molecular complexity index is 1410. The molecule has 1 fully saturated rings. The monoisotopic (exact) mass is 506 g/mol. The third-order valence-electron chi connectivity index (χ3n) is 7.44. The van der Waals surface area contributed by atoms with E-state index in [0.717, 1.165) is 65.1 Å². The molecule has 8 nitrogen and oxygen atoms in total. The lowest BCUT2D eigenvalue weighted by Crippen LogP contribution is -2.45. The molecule has 2 aliphatic rings. The molecule has 0 unspecified atom stereocenters. The molecule has 4 aromatic heterocycles. The molecule has 6 rings (SSSR count). The molecule has 10 heteroatoms. The molecule has 180 valence electrons. The van der Waals surface area contributed by atoms with Crippen LogP contribution in [0.3, 0.4) is 0 Å². The molecule has 0 radical (unpaired) electrons. The van der Waals surface area contributed by atoms with Crippen LogP contribution in [0.15, 0.2) is 52.8 Å². The first kappa shape index (κ1) is 22.6. The number of piperidine rings is 1. The van der Waals surface area contributed by atoms with Crippen LogP contribution >= 0.6 is 23.4 Å². The number of pyridine rings is 2. The van der Waals surface area contributed by atoms with Crippen molar-refractivity contribution in [2.24, 2.45) is 11.1 Å². The summed E-state index contributed by atoms with van der Waals surface area (Å²) >= 11 is 8.15. The summed E-state index contributed by atoms with van der Waals surface area (Å²) in [5.74, 6) is 1.58. The first-order chi connectivity index (χ1) is 17.0. The fraction of sp³-hybridized carbons (Fsp3) is 0.360. The van der Waals surface area contributed by atoms with Gasteiger partial charge >= 0.3 is 0 Å². The average Bonchev–Trinajstić information content (AvgIpc) is 3.46. The van der Waals surface area contributed by atoms with Crippen LogP contribution in [0.4, 0.5) is 11.8 Å². The van der Waals surface area contributed by atoms with Crippen molar-refractivity contribution in [1.82, 2.24) is 24.3 Å². The molecule has 0 aromatic carbocycles. The predicted octanol–water partition coefficient (Wildman–Crippen LogP) is 4.52. The van der Waals surface area contributed by atoms with Crippen molar-refractivity contribution < 1.29 is 0 Å². The van der Waals surface area contributed by atoms with Gasteiger partial charge in [0, 0.05) is 61.6 Å². The van der Waals surface area contributed by atoms with E-state index < -0.39 is 0 Å². The lowest BCUT2D eigenvalue weighted by atomic mass is 9.73. The van der Waals surface area contributed by atoms with Crippen molar-refractivity contribution in [3.63, 3.8) is 0 Å². The Kier molecular flexibility index (Phi) is 5.58. The van der Waals surface area contributed by atoms with Gasteiger partial charge in [0.25, 0.3) is 0 Å². The van der Waals surface area contributed by atoms with Crippen LogP contribution in [0.25, 0.3) is 5.65 Å². The van der Waals surface area contributed by atoms with Crippen LogP contribution in [-0.4, -0.2) is 44.5 Å². The van der Waals surface area contributed by atoms with Crippen LogP contribution in [0.1, 0.15) is 35.8 Å². The summed E-state index contributed by atoms with van der Waals surface area (Å²) < 4.78 is 2.09. The number of imidazole rings is 1. The van der Waals surface area contributed by atoms with Gasteiger partial charge in [-0.2, -0.15) is 0 Å². The van der Waals surface area contributed by atoms with E-state index >= 15 is 0 Å². The average molecular weight is 507 g/mol. The topological polar surface area (TPSA) is 97.3 Å². The van der Waals surface area contributed by atoms with Gasteiger partial charge in [0.15, 0.2) is 5.65 Å². The number of rotatable bonds is 4. The van der Waals surface area contributed by atoms with Crippen LogP contribution in [-0.2, 0) is 6.42 Å². The highest BCUT2D eigenvalue weighted by atomic mass is 35.5. The van der Waals surface area contributed by atoms with Crippen molar-refractivity contribution in [3.05, 3.63) is 65.0 Å². The second-order valence-corrected chi connectivity index (χ2v) is 10.7. The molecule has 0 bridgehead atoms. The smallest absolute Gasteiger partial charge is 0.211 e. The fourth-order valence-electron chi connectivity index (χ4n) is 5.48. The van der Waals surface area contributed by atoms with Gasteiger partial charge in [-0.15, -0.1) is 0 Å². The molecular weight excluding hydrogens is 480 g/mol. The fourth-order valence-corrected chi connectivity index (χ4v) is 6.77. The van der Waals surface area contributed by atoms with Crippen LogP contribution in [0.2, 0.25) is 5.02 Å². The molecule has 1 aliphatic carbocycles. The first-order valence-corrected chi connectivity index (χ1v) is 13.0. The summed E-state index contributed by atoms with van der Waals surface area (Å²) in [5.41, 5.74) is 11.0. The molecule has 4 aromatic rings. The molecule has 3 N–H and O–H groups in total. The van der Waals surface area contributed by atoms with Crippen molar-refractivity contribution in [3.8, 4) is 0 Å². The van der Waals surface area contributed by atoms with E-state index in [4.69, 9.17) is 22.3 Å². The van der Waals surface area contributed by atoms with Gasteiger partial charge in [-0.05, 0) is 49.3 Å². The standard InChI is InChI=1S/C25H27ClN8S/c1-15-20(35-18-5-9-30-22(28-2)19(18)26)23-31-10-13-34(23)24(32-15)33-11-6-25(7-12-33)14-17-16(21(25)27)4-3-8-29-17/h3-5,8-10,13,21H,6-7,11-12,14,27H2,1-2H3,(H,28,30)/t21-/m1/s1. The number of fused-ring (bicyclic) bond motifs is 2. The Morgan fingerprint density at radius 1 is 1.14 bits per heavy atom. The number of hydrogen-bond acceptors (Lipinski definition) is 8. The number of nitrogens with one attached hydrogen (secondary N) is 1. The zero-order valence-corrected chi connectivity index (χ0v) is 21.3. The molecule has 5 heterocycles. The molecule has 0 saturated carbocycles. The van der Waals surface area contributed by atoms with Gasteiger partial charge in [-0.3, -0.25) is 9.38 Å². The zero-order valence-electron chi connectivity index (χ0n) is 19.7. The number of hydrogen-bond donors (Lipinski definition) is 2. The van der Waals surface area contributed by atoms with E-state index in [1.165, 1.54) is 5.56 Å². The minimum absolute atomic E-state index is 0.0442. The molecule has 1 spiro atoms. The van der Waals surface area contributed by atoms with Crippen molar-refractivity contribution in [2.45, 2.75) is 42.0 Å². The molecular formula is C25H27ClN8S. The second-order valence-electron chi connectivity index (χ2n) is 9.31. The Balaban J connectivity index is 1.28. The van der Waals surface area contributed by atoms with Gasteiger partial charge in [0.05, 0.1) is 15.6 Å². The summed E-state index contributed by atoms with van der Waals surface area (Å²) in [6.45, 7) is 3.83. The van der Waals surface area contributed by atoms with E-state index in [1.54, 1.807) is 18.0 Å². The number of halogens is 1. The van der Waals surface area contributed by atoms with Gasteiger partial charge in [0.1, 0.15) is 5.82 Å². The summed E-state index contributed by atoms with van der Waals surface area (Å²) in [5, 5.41) is 3.63. The molecule has 1 saturated heterocycles. The van der Waals surface area contributed by atoms with E-state index in [1.807, 2.05) is 44.7 Å². The van der Waals surface area contributed by atoms with E-state index in [9.17, 15) is 0 Å². The lowest BCUT2D eigenvalue weighted by molar-refractivity contribution is 0.186. The largest absolute Gasteiger partial charge is 0.372 e. The van der Waals surface area contributed by atoms with Gasteiger partial charge in [-0.1, -0.05) is 29.4 Å². The molecule has 1 atom stereocenters. The Morgan fingerprint density at radius 3 is 2.74 bits per heavy atom. The summed E-state index contributed by atoms with van der Waals surface area (Å²) in [7, 11) is 1.81. The van der Waals surface area contributed by atoms with Crippen molar-refractivity contribution >= 4 is 40.8 Å². The molecule has 35 heavy (non-hydrogen) atoms. The third kappa shape index (κ3) is 3.64. The maximum atomic E-state index is 6.75. The van der Waals surface area contributed by atoms with E-state index in [0.29, 0.717) is 10.8 Å². The predicted molar refractivity (Wildman–Crippen MR) is 139 cm³/mol. The number of nitrogens with two attached hydrogens (primary N) is 1. The van der Waals surface area contributed by atoms with E-state index in [-0.39, 0.29) is 11.5 Å². The van der Waals surface area contributed by atoms with Crippen LogP contribution in [0, 0.1) is 12.3 Å². The second kappa shape index (κ2) is 8.65. The quantitative estimate of drug-likeness (QED) is 0.417. The van der Waals surface area contributed by atoms with E-state index in [2.05, 4.69) is 35.6 Å². The Morgan fingerprint density at radius 2 is 1.97 bits per heavy atom. The number of aryl methyl sites for hydroxylation is 1. The number of nitrogens with zero attached hydrogens (tertiary/aromatic N) is 6. The number of anilines is 2. The summed E-state index contributed by atoms with van der Waals surface area (Å²) in [4.78, 5) is 22.9. The van der Waals surface area contributed by atoms with Crippen molar-refractivity contribution in [2.75, 3.05) is 30.4 Å². The van der Waals surface area contributed by atoms with Gasteiger partial charge < -0.3 is 16.0 Å². The highest BCUT2D eigenvalue weighted by molar-refractivity contribution is 7.99. The van der Waals surface area contributed by atoms with Crippen LogP contribution in [0.5, 0.6) is 0 Å². The maximum absolute atomic E-state index is 6.75. The highest BCUT2D eigenvalue weighted by Gasteiger charge is 2.46. The van der Waals surface area contributed by atoms with Crippen molar-refractivity contribution in [1.29, 1.82) is 0 Å². The van der Waals surface area contributed by atoms with Crippen LogP contribution < -0.4 is 16.0 Å². The third-order valence-corrected chi connectivity index (χ3v) is 9.18. The zero-order chi connectivity index (χ0) is 24.2. The highest BCUT2D eigenvalue weighted by Crippen LogP contribution is 2.50. The first-order valence-electron chi connectivity index (χ1n) is 11.8. The summed E-state index contributed by atoms with van der Waals surface area (Å²) in [6, 6.07) is 6.09. The SMILES string of the molecule is CNc1nccc(Sc2c(C)nc(N3CCC4(CC3)Cc3ncccc3[C@H]4N)n3ccnc23)c1Cl. The molecule has 1 aliphatic heterocycles. The minimum atomic E-state index is 0.0442. The number of aromatic nitrogens is 5. The normalized spacial score (nSPS) is 18.9. The molecule has 0 amide bonds. The van der Waals surface area contributed by atoms with Gasteiger partial charge in [-0.25, -0.2) is 15.0 Å². The minimum Gasteiger partial charge on any atom is -0.372 e. The van der Waals surface area contributed by atoms with Gasteiger partial charge in [0.2, 0.25) is 5.95 Å². The summed E-state index contributed by atoms with van der Waals surface area (Å²) in [6.07, 6.45) is 10.4.